The summed E-state index contributed by atoms with van der Waals surface area (Å²) in [5, 5.41) is 7.54. The van der Waals surface area contributed by atoms with Crippen LogP contribution in [0, 0.1) is 6.92 Å². The third-order valence-electron chi connectivity index (χ3n) is 3.75. The lowest BCUT2D eigenvalue weighted by molar-refractivity contribution is 0.0918. The lowest BCUT2D eigenvalue weighted by Gasteiger charge is -2.06. The molecule has 2 heterocycles. The first kappa shape index (κ1) is 17.1. The lowest BCUT2D eigenvalue weighted by Crippen LogP contribution is -2.23. The van der Waals surface area contributed by atoms with Crippen molar-refractivity contribution in [2.24, 2.45) is 7.05 Å². The van der Waals surface area contributed by atoms with Gasteiger partial charge >= 0.3 is 0 Å². The minimum absolute atomic E-state index is 0.232. The van der Waals surface area contributed by atoms with Crippen molar-refractivity contribution in [2.45, 2.75) is 20.1 Å². The molecule has 0 radical (unpaired) electrons. The van der Waals surface area contributed by atoms with E-state index in [0.29, 0.717) is 23.1 Å². The second kappa shape index (κ2) is 7.44. The van der Waals surface area contributed by atoms with Gasteiger partial charge in [-0.3, -0.25) is 9.48 Å². The maximum Gasteiger partial charge on any atom is 0.287 e. The maximum absolute atomic E-state index is 12.1. The fourth-order valence-corrected chi connectivity index (χ4v) is 2.39. The van der Waals surface area contributed by atoms with E-state index in [1.807, 2.05) is 26.1 Å². The van der Waals surface area contributed by atoms with Gasteiger partial charge in [0.15, 0.2) is 5.76 Å². The van der Waals surface area contributed by atoms with Crippen molar-refractivity contribution in [2.75, 3.05) is 0 Å². The maximum atomic E-state index is 12.1. The second-order valence-electron chi connectivity index (χ2n) is 5.59. The van der Waals surface area contributed by atoms with E-state index in [-0.39, 0.29) is 18.3 Å². The fraction of sp³-hybridized carbons (Fsp3) is 0.222. The van der Waals surface area contributed by atoms with Crippen LogP contribution in [0.15, 0.2) is 47.0 Å². The van der Waals surface area contributed by atoms with Crippen molar-refractivity contribution in [3.05, 3.63) is 70.4 Å². The first-order valence-corrected chi connectivity index (χ1v) is 8.13. The smallest absolute Gasteiger partial charge is 0.287 e. The van der Waals surface area contributed by atoms with E-state index in [2.05, 4.69) is 10.4 Å². The number of halogens is 1. The molecule has 1 aromatic carbocycles. The summed E-state index contributed by atoms with van der Waals surface area (Å²) in [4.78, 5) is 12.1. The molecule has 0 bridgehead atoms. The number of hydrogen-bond acceptors (Lipinski definition) is 4. The Kier molecular flexibility index (Phi) is 5.09. The molecule has 0 unspecified atom stereocenters. The van der Waals surface area contributed by atoms with Gasteiger partial charge in [-0.25, -0.2) is 0 Å². The summed E-state index contributed by atoms with van der Waals surface area (Å²) in [6.45, 7) is 2.52. The Morgan fingerprint density at radius 3 is 2.88 bits per heavy atom. The lowest BCUT2D eigenvalue weighted by atomic mass is 10.2. The van der Waals surface area contributed by atoms with Gasteiger partial charge in [0, 0.05) is 18.3 Å². The number of aryl methyl sites for hydroxylation is 2. The molecule has 7 heteroatoms. The Hall–Kier alpha value is -2.73. The summed E-state index contributed by atoms with van der Waals surface area (Å²) in [6.07, 6.45) is 1.68. The highest BCUT2D eigenvalue weighted by atomic mass is 35.5. The van der Waals surface area contributed by atoms with Crippen molar-refractivity contribution in [1.29, 1.82) is 0 Å². The highest BCUT2D eigenvalue weighted by Gasteiger charge is 2.12. The Balaban J connectivity index is 1.55. The Labute approximate surface area is 150 Å². The van der Waals surface area contributed by atoms with Crippen molar-refractivity contribution in [3.8, 4) is 5.75 Å². The molecule has 0 saturated carbocycles. The van der Waals surface area contributed by atoms with E-state index in [0.717, 1.165) is 11.3 Å². The highest BCUT2D eigenvalue weighted by Crippen LogP contribution is 2.22. The van der Waals surface area contributed by atoms with Crippen LogP contribution in [-0.4, -0.2) is 15.7 Å². The first-order valence-electron chi connectivity index (χ1n) is 7.75. The monoisotopic (exact) mass is 359 g/mol. The predicted octanol–water partition coefficient (Wildman–Crippen LogP) is 3.48. The Bertz CT molecular complexity index is 885. The molecule has 6 nitrogen and oxygen atoms in total. The van der Waals surface area contributed by atoms with Gasteiger partial charge in [0.1, 0.15) is 18.1 Å². The van der Waals surface area contributed by atoms with Gasteiger partial charge in [0.25, 0.3) is 5.91 Å². The van der Waals surface area contributed by atoms with Crippen LogP contribution in [0.1, 0.15) is 27.6 Å². The predicted molar refractivity (Wildman–Crippen MR) is 93.6 cm³/mol. The molecule has 0 aliphatic rings. The number of ether oxygens (including phenoxy) is 1. The first-order chi connectivity index (χ1) is 12.0. The number of carbonyl (C=O) groups excluding carboxylic acids is 1. The van der Waals surface area contributed by atoms with E-state index >= 15 is 0 Å². The highest BCUT2D eigenvalue weighted by molar-refractivity contribution is 6.31. The number of benzene rings is 1. The number of amides is 1. The molecule has 0 atom stereocenters. The van der Waals surface area contributed by atoms with Crippen LogP contribution in [0.5, 0.6) is 5.75 Å². The average molecular weight is 360 g/mol. The topological polar surface area (TPSA) is 69.3 Å². The van der Waals surface area contributed by atoms with E-state index in [1.54, 1.807) is 35.1 Å². The molecule has 2 aromatic heterocycles. The number of nitrogens with one attached hydrogen (secondary N) is 1. The molecular formula is C18H18ClN3O3. The summed E-state index contributed by atoms with van der Waals surface area (Å²) in [5.74, 6) is 1.22. The molecule has 0 aliphatic carbocycles. The summed E-state index contributed by atoms with van der Waals surface area (Å²) < 4.78 is 12.9. The third-order valence-corrected chi connectivity index (χ3v) is 4.17. The van der Waals surface area contributed by atoms with Gasteiger partial charge in [-0.15, -0.1) is 0 Å². The molecule has 0 fully saturated rings. The van der Waals surface area contributed by atoms with Crippen molar-refractivity contribution in [3.63, 3.8) is 0 Å². The quantitative estimate of drug-likeness (QED) is 0.731. The number of nitrogens with zero attached hydrogens (tertiary/aromatic N) is 2. The molecule has 0 spiro atoms. The average Bonchev–Trinajstić information content (AvgIpc) is 3.23. The summed E-state index contributed by atoms with van der Waals surface area (Å²) in [5.41, 5.74) is 1.84. The number of furan rings is 1. The molecule has 0 aliphatic heterocycles. The van der Waals surface area contributed by atoms with Crippen LogP contribution >= 0.6 is 11.6 Å². The number of carbonyl (C=O) groups is 1. The van der Waals surface area contributed by atoms with Crippen LogP contribution in [0.2, 0.25) is 5.02 Å². The van der Waals surface area contributed by atoms with Crippen LogP contribution < -0.4 is 10.1 Å². The van der Waals surface area contributed by atoms with Crippen LogP contribution in [-0.2, 0) is 20.2 Å². The van der Waals surface area contributed by atoms with E-state index < -0.39 is 0 Å². The summed E-state index contributed by atoms with van der Waals surface area (Å²) in [6, 6.07) is 10.6. The largest absolute Gasteiger partial charge is 0.486 e. The molecule has 130 valence electrons. The van der Waals surface area contributed by atoms with Gasteiger partial charge in [-0.2, -0.15) is 5.10 Å². The third kappa shape index (κ3) is 4.22. The van der Waals surface area contributed by atoms with Crippen molar-refractivity contribution < 1.29 is 13.9 Å². The molecule has 1 amide bonds. The van der Waals surface area contributed by atoms with E-state index in [1.165, 1.54) is 0 Å². The zero-order valence-electron chi connectivity index (χ0n) is 14.0. The molecule has 25 heavy (non-hydrogen) atoms. The zero-order valence-corrected chi connectivity index (χ0v) is 14.7. The number of hydrogen-bond donors (Lipinski definition) is 1. The van der Waals surface area contributed by atoms with Crippen molar-refractivity contribution >= 4 is 17.5 Å². The zero-order chi connectivity index (χ0) is 17.8. The van der Waals surface area contributed by atoms with Gasteiger partial charge in [-0.05, 0) is 48.9 Å². The standard InChI is InChI=1S/C18H18ClN3O3/c1-12-9-14(3-5-16(12)19)24-11-15-4-6-17(25-15)18(23)20-10-13-7-8-21-22(13)2/h3-9H,10-11H2,1-2H3,(H,20,23). The van der Waals surface area contributed by atoms with Gasteiger partial charge < -0.3 is 14.5 Å². The Morgan fingerprint density at radius 2 is 2.16 bits per heavy atom. The van der Waals surface area contributed by atoms with Gasteiger partial charge in [0.2, 0.25) is 0 Å². The van der Waals surface area contributed by atoms with Gasteiger partial charge in [-0.1, -0.05) is 11.6 Å². The summed E-state index contributed by atoms with van der Waals surface area (Å²) >= 11 is 5.99. The Morgan fingerprint density at radius 1 is 1.32 bits per heavy atom. The molecular weight excluding hydrogens is 342 g/mol. The minimum Gasteiger partial charge on any atom is -0.486 e. The molecule has 3 aromatic rings. The van der Waals surface area contributed by atoms with Crippen molar-refractivity contribution in [1.82, 2.24) is 15.1 Å². The molecule has 0 saturated heterocycles. The second-order valence-corrected chi connectivity index (χ2v) is 6.00. The van der Waals surface area contributed by atoms with E-state index in [9.17, 15) is 4.79 Å². The minimum atomic E-state index is -0.283. The normalized spacial score (nSPS) is 10.7. The van der Waals surface area contributed by atoms with E-state index in [4.69, 9.17) is 20.8 Å². The van der Waals surface area contributed by atoms with Crippen LogP contribution in [0.25, 0.3) is 0 Å². The number of aromatic nitrogens is 2. The van der Waals surface area contributed by atoms with Gasteiger partial charge in [0.05, 0.1) is 12.2 Å². The van der Waals surface area contributed by atoms with Crippen LogP contribution in [0.4, 0.5) is 0 Å². The SMILES string of the molecule is Cc1cc(OCc2ccc(C(=O)NCc3ccnn3C)o2)ccc1Cl. The fourth-order valence-electron chi connectivity index (χ4n) is 2.27. The molecule has 3 rings (SSSR count). The number of rotatable bonds is 6. The van der Waals surface area contributed by atoms with Crippen LogP contribution in [0.3, 0.4) is 0 Å². The molecule has 1 N–H and O–H groups in total. The summed E-state index contributed by atoms with van der Waals surface area (Å²) in [7, 11) is 1.82.